The Morgan fingerprint density at radius 3 is 2.44 bits per heavy atom. The molecule has 11 heteroatoms. The lowest BCUT2D eigenvalue weighted by atomic mass is 9.76. The van der Waals surface area contributed by atoms with Gasteiger partial charge in [-0.2, -0.15) is 0 Å². The molecule has 3 amide bonds. The molecule has 0 aliphatic carbocycles. The minimum atomic E-state index is -1.56. The number of amides is 3. The lowest BCUT2D eigenvalue weighted by Crippen LogP contribution is -2.53. The fraction of sp³-hybridized carbons (Fsp3) is 0.214. The van der Waals surface area contributed by atoms with E-state index in [1.807, 2.05) is 0 Å². The third-order valence-corrected chi connectivity index (χ3v) is 7.76. The van der Waals surface area contributed by atoms with Crippen LogP contribution in [0.2, 0.25) is 5.02 Å². The Hall–Kier alpha value is -4.41. The summed E-state index contributed by atoms with van der Waals surface area (Å²) in [5.41, 5.74) is 0.263. The maximum atomic E-state index is 14.1. The van der Waals surface area contributed by atoms with Crippen LogP contribution in [0.5, 0.6) is 17.2 Å². The van der Waals surface area contributed by atoms with E-state index in [0.717, 1.165) is 4.90 Å². The highest BCUT2D eigenvalue weighted by atomic mass is 35.5. The van der Waals surface area contributed by atoms with Gasteiger partial charge in [0.25, 0.3) is 0 Å². The number of hydrogen-bond acceptors (Lipinski definition) is 8. The first-order valence-electron chi connectivity index (χ1n) is 12.2. The van der Waals surface area contributed by atoms with Crippen molar-refractivity contribution < 1.29 is 34.1 Å². The largest absolute Gasteiger partial charge is 0.504 e. The van der Waals surface area contributed by atoms with E-state index in [0.29, 0.717) is 21.8 Å². The number of phenolic OH excluding ortho intramolecular Hbond substituents is 2. The van der Waals surface area contributed by atoms with Gasteiger partial charge in [-0.3, -0.25) is 24.5 Å². The summed E-state index contributed by atoms with van der Waals surface area (Å²) < 4.78 is 5.06. The number of aromatic hydroxyl groups is 2. The molecule has 2 saturated heterocycles. The van der Waals surface area contributed by atoms with Gasteiger partial charge >= 0.3 is 5.97 Å². The summed E-state index contributed by atoms with van der Waals surface area (Å²) >= 11 is 6.30. The van der Waals surface area contributed by atoms with Crippen LogP contribution in [0.15, 0.2) is 60.7 Å². The van der Waals surface area contributed by atoms with Crippen molar-refractivity contribution in [2.75, 3.05) is 10.2 Å². The third-order valence-electron chi connectivity index (χ3n) is 7.53. The van der Waals surface area contributed by atoms with Crippen molar-refractivity contribution in [3.63, 3.8) is 0 Å². The molecule has 0 aromatic heterocycles. The number of esters is 1. The molecule has 10 nitrogen and oxygen atoms in total. The predicted molar refractivity (Wildman–Crippen MR) is 139 cm³/mol. The number of phenols is 2. The maximum Gasteiger partial charge on any atom is 0.308 e. The Morgan fingerprint density at radius 1 is 1.00 bits per heavy atom. The molecule has 3 aliphatic rings. The molecule has 198 valence electrons. The van der Waals surface area contributed by atoms with Gasteiger partial charge in [-0.25, -0.2) is 4.90 Å². The SMILES string of the molecule is CC(=O)Oc1ccc(N2C(=O)[C@H]3[C@@H](C2=O)[C@@]2(N[C@@H]3Cc3ccc(O)c(O)c3)C(=O)Nc3ccc(Cl)cc32)cc1. The molecule has 0 radical (unpaired) electrons. The molecule has 1 spiro atoms. The zero-order valence-electron chi connectivity index (χ0n) is 20.5. The number of rotatable bonds is 4. The van der Waals surface area contributed by atoms with E-state index in [1.54, 1.807) is 24.3 Å². The van der Waals surface area contributed by atoms with Crippen molar-refractivity contribution >= 4 is 46.7 Å². The Labute approximate surface area is 227 Å². The summed E-state index contributed by atoms with van der Waals surface area (Å²) in [5.74, 6) is -4.41. The summed E-state index contributed by atoms with van der Waals surface area (Å²) in [4.78, 5) is 54.0. The molecule has 3 aromatic carbocycles. The lowest BCUT2D eigenvalue weighted by Gasteiger charge is -2.29. The van der Waals surface area contributed by atoms with Crippen LogP contribution in [0.1, 0.15) is 18.1 Å². The number of carbonyl (C=O) groups excluding carboxylic acids is 4. The fourth-order valence-electron chi connectivity index (χ4n) is 5.98. The average molecular weight is 548 g/mol. The number of carbonyl (C=O) groups is 4. The zero-order valence-corrected chi connectivity index (χ0v) is 21.2. The van der Waals surface area contributed by atoms with E-state index in [4.69, 9.17) is 16.3 Å². The number of fused-ring (bicyclic) bond motifs is 4. The van der Waals surface area contributed by atoms with Crippen LogP contribution in [-0.2, 0) is 31.1 Å². The van der Waals surface area contributed by atoms with Gasteiger partial charge in [0.2, 0.25) is 17.7 Å². The molecule has 0 unspecified atom stereocenters. The molecular formula is C28H22ClN3O7. The van der Waals surface area contributed by atoms with Gasteiger partial charge in [-0.05, 0) is 66.6 Å². The van der Waals surface area contributed by atoms with Crippen molar-refractivity contribution in [3.05, 3.63) is 76.8 Å². The minimum absolute atomic E-state index is 0.179. The van der Waals surface area contributed by atoms with E-state index in [9.17, 15) is 29.4 Å². The van der Waals surface area contributed by atoms with Gasteiger partial charge in [0.15, 0.2) is 11.5 Å². The number of nitrogens with one attached hydrogen (secondary N) is 2. The number of halogens is 1. The van der Waals surface area contributed by atoms with E-state index in [1.165, 1.54) is 43.3 Å². The highest BCUT2D eigenvalue weighted by Gasteiger charge is 2.70. The molecule has 3 aromatic rings. The van der Waals surface area contributed by atoms with E-state index in [2.05, 4.69) is 10.6 Å². The van der Waals surface area contributed by atoms with Gasteiger partial charge in [-0.15, -0.1) is 0 Å². The van der Waals surface area contributed by atoms with E-state index < -0.39 is 47.1 Å². The predicted octanol–water partition coefficient (Wildman–Crippen LogP) is 2.84. The molecule has 6 rings (SSSR count). The molecule has 2 fully saturated rings. The van der Waals surface area contributed by atoms with Crippen LogP contribution < -0.4 is 20.3 Å². The first-order valence-corrected chi connectivity index (χ1v) is 12.5. The molecule has 0 saturated carbocycles. The Morgan fingerprint density at radius 2 is 1.74 bits per heavy atom. The van der Waals surface area contributed by atoms with Gasteiger partial charge in [0, 0.05) is 29.2 Å². The van der Waals surface area contributed by atoms with Crippen molar-refractivity contribution in [2.24, 2.45) is 11.8 Å². The van der Waals surface area contributed by atoms with E-state index >= 15 is 0 Å². The Kier molecular flexibility index (Phi) is 5.63. The number of hydrogen-bond donors (Lipinski definition) is 4. The molecule has 0 bridgehead atoms. The Bertz CT molecular complexity index is 1570. The standard InChI is InChI=1S/C28H22ClN3O7/c1-13(33)39-17-6-4-16(5-7-17)32-25(36)23-20(10-14-2-9-21(34)22(35)11-14)31-28(24(23)26(32)37)18-12-15(29)3-8-19(18)30-27(28)38/h2-9,11-12,20,23-24,31,34-35H,10H2,1H3,(H,30,38)/t20-,23-,24+,28-/m1/s1. The summed E-state index contributed by atoms with van der Waals surface area (Å²) in [6.45, 7) is 1.26. The second-order valence-electron chi connectivity index (χ2n) is 9.83. The number of imide groups is 1. The number of nitrogens with zero attached hydrogens (tertiary/aromatic N) is 1. The number of benzene rings is 3. The number of anilines is 2. The summed E-state index contributed by atoms with van der Waals surface area (Å²) in [7, 11) is 0. The van der Waals surface area contributed by atoms with Crippen molar-refractivity contribution in [1.82, 2.24) is 5.32 Å². The summed E-state index contributed by atoms with van der Waals surface area (Å²) in [6, 6.07) is 14.5. The highest BCUT2D eigenvalue weighted by molar-refractivity contribution is 6.31. The molecule has 3 aliphatic heterocycles. The highest BCUT2D eigenvalue weighted by Crippen LogP contribution is 2.54. The van der Waals surface area contributed by atoms with Gasteiger partial charge < -0.3 is 20.3 Å². The first-order chi connectivity index (χ1) is 18.6. The van der Waals surface area contributed by atoms with Crippen LogP contribution in [0.4, 0.5) is 11.4 Å². The van der Waals surface area contributed by atoms with Gasteiger partial charge in [0.1, 0.15) is 11.3 Å². The van der Waals surface area contributed by atoms with Crippen LogP contribution in [-0.4, -0.2) is 39.9 Å². The average Bonchev–Trinajstić information content (AvgIpc) is 3.46. The molecule has 3 heterocycles. The number of ether oxygens (including phenoxy) is 1. The third kappa shape index (κ3) is 3.75. The zero-order chi connectivity index (χ0) is 27.6. The van der Waals surface area contributed by atoms with Crippen LogP contribution in [0, 0.1) is 11.8 Å². The van der Waals surface area contributed by atoms with Crippen molar-refractivity contribution in [2.45, 2.75) is 24.9 Å². The summed E-state index contributed by atoms with van der Waals surface area (Å²) in [6.07, 6.45) is 0.179. The Balaban J connectivity index is 1.45. The second-order valence-corrected chi connectivity index (χ2v) is 10.3. The topological polar surface area (TPSA) is 145 Å². The molecular weight excluding hydrogens is 526 g/mol. The van der Waals surface area contributed by atoms with Crippen LogP contribution >= 0.6 is 11.6 Å². The second kappa shape index (κ2) is 8.82. The quantitative estimate of drug-likeness (QED) is 0.169. The van der Waals surface area contributed by atoms with Gasteiger partial charge in [-0.1, -0.05) is 17.7 Å². The van der Waals surface area contributed by atoms with Crippen molar-refractivity contribution in [3.8, 4) is 17.2 Å². The fourth-order valence-corrected chi connectivity index (χ4v) is 6.15. The minimum Gasteiger partial charge on any atom is -0.504 e. The maximum absolute atomic E-state index is 14.1. The van der Waals surface area contributed by atoms with Crippen LogP contribution in [0.3, 0.4) is 0 Å². The molecule has 39 heavy (non-hydrogen) atoms. The first kappa shape index (κ1) is 24.9. The normalized spacial score (nSPS) is 25.1. The monoisotopic (exact) mass is 547 g/mol. The summed E-state index contributed by atoms with van der Waals surface area (Å²) in [5, 5.41) is 26.3. The van der Waals surface area contributed by atoms with Crippen molar-refractivity contribution in [1.29, 1.82) is 0 Å². The van der Waals surface area contributed by atoms with E-state index in [-0.39, 0.29) is 29.4 Å². The lowest BCUT2D eigenvalue weighted by molar-refractivity contribution is -0.132. The molecule has 4 atom stereocenters. The van der Waals surface area contributed by atoms with Gasteiger partial charge in [0.05, 0.1) is 17.5 Å². The smallest absolute Gasteiger partial charge is 0.308 e. The molecule has 4 N–H and O–H groups in total. The van der Waals surface area contributed by atoms with Crippen LogP contribution in [0.25, 0.3) is 0 Å².